The highest BCUT2D eigenvalue weighted by Crippen LogP contribution is 2.29. The molecule has 2 aromatic carbocycles. The van der Waals surface area contributed by atoms with Crippen LogP contribution >= 0.6 is 23.2 Å². The molecule has 166 valence electrons. The van der Waals surface area contributed by atoms with Gasteiger partial charge in [0, 0.05) is 33.1 Å². The standard InChI is InChI=1S/C25H18Cl2N2O4/c1-15-11-19(4-7-21(15)29-25(31)23-3-2-10-32-23)28-24(30)9-6-20-5-8-22(33-20)16-12-17(26)14-18(27)13-16/h2-14H,1H3,(H,28,30)(H,29,31)/b9-6+. The molecule has 0 saturated carbocycles. The lowest BCUT2D eigenvalue weighted by molar-refractivity contribution is -0.111. The molecule has 0 aliphatic rings. The van der Waals surface area contributed by atoms with Gasteiger partial charge in [0.15, 0.2) is 5.76 Å². The van der Waals surface area contributed by atoms with Crippen LogP contribution in [0.5, 0.6) is 0 Å². The lowest BCUT2D eigenvalue weighted by atomic mass is 10.1. The number of aryl methyl sites for hydroxylation is 1. The monoisotopic (exact) mass is 480 g/mol. The van der Waals surface area contributed by atoms with Gasteiger partial charge in [-0.05, 0) is 79.2 Å². The third kappa shape index (κ3) is 5.74. The number of anilines is 2. The quantitative estimate of drug-likeness (QED) is 0.289. The zero-order chi connectivity index (χ0) is 23.4. The molecular weight excluding hydrogens is 463 g/mol. The maximum atomic E-state index is 12.3. The average Bonchev–Trinajstić information content (AvgIpc) is 3.46. The van der Waals surface area contributed by atoms with E-state index in [0.717, 1.165) is 11.1 Å². The first-order chi connectivity index (χ1) is 15.9. The topological polar surface area (TPSA) is 84.5 Å². The molecule has 2 N–H and O–H groups in total. The molecule has 4 rings (SSSR count). The molecule has 2 aromatic heterocycles. The molecule has 33 heavy (non-hydrogen) atoms. The highest BCUT2D eigenvalue weighted by Gasteiger charge is 2.11. The second-order valence-electron chi connectivity index (χ2n) is 7.14. The van der Waals surface area contributed by atoms with Crippen LogP contribution in [0.4, 0.5) is 11.4 Å². The molecule has 6 nitrogen and oxygen atoms in total. The fourth-order valence-corrected chi connectivity index (χ4v) is 3.63. The molecule has 0 fully saturated rings. The number of amides is 2. The van der Waals surface area contributed by atoms with E-state index in [-0.39, 0.29) is 17.6 Å². The van der Waals surface area contributed by atoms with E-state index in [0.29, 0.717) is 32.9 Å². The molecule has 2 heterocycles. The van der Waals surface area contributed by atoms with Gasteiger partial charge in [0.2, 0.25) is 5.91 Å². The van der Waals surface area contributed by atoms with Gasteiger partial charge in [-0.15, -0.1) is 0 Å². The summed E-state index contributed by atoms with van der Waals surface area (Å²) in [6.45, 7) is 1.83. The Kier molecular flexibility index (Phi) is 6.68. The van der Waals surface area contributed by atoms with Gasteiger partial charge in [-0.3, -0.25) is 9.59 Å². The molecular formula is C25H18Cl2N2O4. The van der Waals surface area contributed by atoms with Crippen LogP contribution in [-0.4, -0.2) is 11.8 Å². The summed E-state index contributed by atoms with van der Waals surface area (Å²) in [6, 6.07) is 17.1. The number of carbonyl (C=O) groups is 2. The van der Waals surface area contributed by atoms with Gasteiger partial charge in [-0.25, -0.2) is 0 Å². The van der Waals surface area contributed by atoms with E-state index < -0.39 is 0 Å². The first-order valence-corrected chi connectivity index (χ1v) is 10.6. The molecule has 8 heteroatoms. The number of benzene rings is 2. The van der Waals surface area contributed by atoms with E-state index >= 15 is 0 Å². The Morgan fingerprint density at radius 2 is 1.73 bits per heavy atom. The van der Waals surface area contributed by atoms with Crippen LogP contribution in [-0.2, 0) is 4.79 Å². The van der Waals surface area contributed by atoms with Crippen LogP contribution in [0.1, 0.15) is 21.9 Å². The third-order valence-electron chi connectivity index (χ3n) is 4.66. The first kappa shape index (κ1) is 22.5. The summed E-state index contributed by atoms with van der Waals surface area (Å²) in [5, 5.41) is 6.57. The van der Waals surface area contributed by atoms with Gasteiger partial charge < -0.3 is 19.5 Å². The maximum Gasteiger partial charge on any atom is 0.291 e. The van der Waals surface area contributed by atoms with Crippen molar-refractivity contribution in [2.24, 2.45) is 0 Å². The van der Waals surface area contributed by atoms with Crippen molar-refractivity contribution in [3.63, 3.8) is 0 Å². The Bertz CT molecular complexity index is 1320. The van der Waals surface area contributed by atoms with E-state index in [1.54, 1.807) is 66.7 Å². The lowest BCUT2D eigenvalue weighted by Gasteiger charge is -2.09. The molecule has 0 atom stereocenters. The van der Waals surface area contributed by atoms with Gasteiger partial charge >= 0.3 is 0 Å². The van der Waals surface area contributed by atoms with Crippen LogP contribution in [0.2, 0.25) is 10.0 Å². The van der Waals surface area contributed by atoms with Gasteiger partial charge in [-0.2, -0.15) is 0 Å². The number of carbonyl (C=O) groups excluding carboxylic acids is 2. The predicted octanol–water partition coefficient (Wildman–Crippen LogP) is 7.06. The van der Waals surface area contributed by atoms with Crippen LogP contribution in [0.3, 0.4) is 0 Å². The number of halogens is 2. The molecule has 0 aliphatic heterocycles. The summed E-state index contributed by atoms with van der Waals surface area (Å²) in [7, 11) is 0. The predicted molar refractivity (Wildman–Crippen MR) is 130 cm³/mol. The Balaban J connectivity index is 1.38. The Labute approximate surface area is 199 Å². The van der Waals surface area contributed by atoms with Crippen molar-refractivity contribution in [1.82, 2.24) is 0 Å². The summed E-state index contributed by atoms with van der Waals surface area (Å²) in [4.78, 5) is 24.5. The zero-order valence-corrected chi connectivity index (χ0v) is 18.9. The second kappa shape index (κ2) is 9.81. The summed E-state index contributed by atoms with van der Waals surface area (Å²) in [6.07, 6.45) is 4.37. The van der Waals surface area contributed by atoms with Crippen molar-refractivity contribution < 1.29 is 18.4 Å². The molecule has 0 bridgehead atoms. The summed E-state index contributed by atoms with van der Waals surface area (Å²) < 4.78 is 10.8. The van der Waals surface area contributed by atoms with Gasteiger partial charge in [-0.1, -0.05) is 23.2 Å². The second-order valence-corrected chi connectivity index (χ2v) is 8.02. The number of rotatable bonds is 6. The van der Waals surface area contributed by atoms with Crippen molar-refractivity contribution in [3.05, 3.63) is 100 Å². The number of hydrogen-bond donors (Lipinski definition) is 2. The van der Waals surface area contributed by atoms with E-state index in [9.17, 15) is 9.59 Å². The van der Waals surface area contributed by atoms with Crippen molar-refractivity contribution in [2.45, 2.75) is 6.92 Å². The minimum absolute atomic E-state index is 0.219. The van der Waals surface area contributed by atoms with Crippen molar-refractivity contribution in [3.8, 4) is 11.3 Å². The fraction of sp³-hybridized carbons (Fsp3) is 0.0400. The highest BCUT2D eigenvalue weighted by molar-refractivity contribution is 6.35. The molecule has 0 spiro atoms. The highest BCUT2D eigenvalue weighted by atomic mass is 35.5. The molecule has 0 saturated heterocycles. The van der Waals surface area contributed by atoms with Crippen LogP contribution in [0.15, 0.2) is 81.8 Å². The van der Waals surface area contributed by atoms with Crippen molar-refractivity contribution in [2.75, 3.05) is 10.6 Å². The largest absolute Gasteiger partial charge is 0.459 e. The fourth-order valence-electron chi connectivity index (χ4n) is 3.11. The van der Waals surface area contributed by atoms with Crippen LogP contribution < -0.4 is 10.6 Å². The average molecular weight is 481 g/mol. The smallest absolute Gasteiger partial charge is 0.291 e. The van der Waals surface area contributed by atoms with Crippen molar-refractivity contribution in [1.29, 1.82) is 0 Å². The van der Waals surface area contributed by atoms with Crippen molar-refractivity contribution >= 4 is 52.5 Å². The number of hydrogen-bond acceptors (Lipinski definition) is 4. The van der Waals surface area contributed by atoms with E-state index in [4.69, 9.17) is 32.0 Å². The van der Waals surface area contributed by atoms with Gasteiger partial charge in [0.05, 0.1) is 6.26 Å². The van der Waals surface area contributed by atoms with Gasteiger partial charge in [0.25, 0.3) is 5.91 Å². The SMILES string of the molecule is Cc1cc(NC(=O)/C=C/c2ccc(-c3cc(Cl)cc(Cl)c3)o2)ccc1NC(=O)c1ccco1. The van der Waals surface area contributed by atoms with E-state index in [2.05, 4.69) is 10.6 Å². The molecule has 4 aromatic rings. The summed E-state index contributed by atoms with van der Waals surface area (Å²) in [5.41, 5.74) is 2.74. The lowest BCUT2D eigenvalue weighted by Crippen LogP contribution is -2.12. The maximum absolute atomic E-state index is 12.3. The minimum Gasteiger partial charge on any atom is -0.459 e. The summed E-state index contributed by atoms with van der Waals surface area (Å²) in [5.74, 6) is 0.633. The number of furan rings is 2. The van der Waals surface area contributed by atoms with Gasteiger partial charge in [0.1, 0.15) is 11.5 Å². The minimum atomic E-state index is -0.347. The zero-order valence-electron chi connectivity index (χ0n) is 17.4. The molecule has 2 amide bonds. The molecule has 0 aliphatic carbocycles. The van der Waals surface area contributed by atoms with Crippen LogP contribution in [0, 0.1) is 6.92 Å². The van der Waals surface area contributed by atoms with E-state index in [1.807, 2.05) is 6.92 Å². The Morgan fingerprint density at radius 1 is 0.939 bits per heavy atom. The molecule has 0 radical (unpaired) electrons. The molecule has 0 unspecified atom stereocenters. The third-order valence-corrected chi connectivity index (χ3v) is 5.10. The Hall–Kier alpha value is -3.74. The first-order valence-electron chi connectivity index (χ1n) is 9.88. The number of nitrogens with one attached hydrogen (secondary N) is 2. The van der Waals surface area contributed by atoms with E-state index in [1.165, 1.54) is 12.3 Å². The normalized spacial score (nSPS) is 11.0. The summed E-state index contributed by atoms with van der Waals surface area (Å²) >= 11 is 12.1. The Morgan fingerprint density at radius 3 is 2.42 bits per heavy atom. The van der Waals surface area contributed by atoms with Crippen LogP contribution in [0.25, 0.3) is 17.4 Å².